The first-order chi connectivity index (χ1) is 12.0. The predicted molar refractivity (Wildman–Crippen MR) is 104 cm³/mol. The van der Waals surface area contributed by atoms with E-state index in [2.05, 4.69) is 18.8 Å². The molecule has 128 valence electrons. The Morgan fingerprint density at radius 1 is 1.12 bits per heavy atom. The highest BCUT2D eigenvalue weighted by Gasteiger charge is 2.32. The summed E-state index contributed by atoms with van der Waals surface area (Å²) < 4.78 is 0. The van der Waals surface area contributed by atoms with Crippen molar-refractivity contribution < 1.29 is 9.90 Å². The van der Waals surface area contributed by atoms with Gasteiger partial charge >= 0.3 is 0 Å². The average molecular weight is 352 g/mol. The molecule has 1 amide bonds. The number of aromatic hydroxyl groups is 1. The molecule has 5 heteroatoms. The summed E-state index contributed by atoms with van der Waals surface area (Å²) in [5.41, 5.74) is 4.12. The molecule has 0 spiro atoms. The Balaban J connectivity index is 1.93. The molecule has 2 aromatic rings. The fourth-order valence-corrected chi connectivity index (χ4v) is 3.56. The minimum absolute atomic E-state index is 0.0387. The van der Waals surface area contributed by atoms with Crippen LogP contribution < -0.4 is 0 Å². The van der Waals surface area contributed by atoms with E-state index in [1.54, 1.807) is 29.2 Å². The zero-order valence-electron chi connectivity index (χ0n) is 14.5. The van der Waals surface area contributed by atoms with Gasteiger partial charge in [0.25, 0.3) is 5.91 Å². The van der Waals surface area contributed by atoms with E-state index in [1.807, 2.05) is 31.2 Å². The summed E-state index contributed by atoms with van der Waals surface area (Å²) in [4.78, 5) is 19.6. The van der Waals surface area contributed by atoms with E-state index in [-0.39, 0.29) is 11.7 Å². The fraction of sp³-hybridized carbons (Fsp3) is 0.200. The highest BCUT2D eigenvalue weighted by atomic mass is 32.2. The largest absolute Gasteiger partial charge is 0.508 e. The van der Waals surface area contributed by atoms with Gasteiger partial charge in [0.1, 0.15) is 5.75 Å². The lowest BCUT2D eigenvalue weighted by Gasteiger charge is -2.12. The molecule has 0 bridgehead atoms. The number of phenolic OH excluding ortho intramolecular Hbond substituents is 1. The van der Waals surface area contributed by atoms with E-state index in [9.17, 15) is 9.90 Å². The van der Waals surface area contributed by atoms with Crippen LogP contribution in [0.1, 0.15) is 23.6 Å². The van der Waals surface area contributed by atoms with E-state index in [1.165, 1.54) is 22.9 Å². The topological polar surface area (TPSA) is 52.9 Å². The van der Waals surface area contributed by atoms with Crippen molar-refractivity contribution in [3.63, 3.8) is 0 Å². The van der Waals surface area contributed by atoms with Crippen LogP contribution >= 0.6 is 11.8 Å². The van der Waals surface area contributed by atoms with Crippen molar-refractivity contribution in [1.82, 2.24) is 4.90 Å². The smallest absolute Gasteiger partial charge is 0.266 e. The van der Waals surface area contributed by atoms with E-state index < -0.39 is 0 Å². The molecule has 1 aliphatic rings. The molecule has 0 unspecified atom stereocenters. The Labute approximate surface area is 151 Å². The molecule has 1 fully saturated rings. The van der Waals surface area contributed by atoms with Crippen molar-refractivity contribution in [2.24, 2.45) is 4.99 Å². The molecular formula is C20H20N2O2S. The van der Waals surface area contributed by atoms with Gasteiger partial charge in [-0.2, -0.15) is 0 Å². The minimum Gasteiger partial charge on any atom is -0.508 e. The minimum atomic E-state index is -0.0387. The summed E-state index contributed by atoms with van der Waals surface area (Å²) in [6, 6.07) is 12.8. The van der Waals surface area contributed by atoms with Crippen molar-refractivity contribution in [1.29, 1.82) is 0 Å². The number of thioether (sulfide) groups is 1. The third-order valence-electron chi connectivity index (χ3n) is 4.11. The quantitative estimate of drug-likeness (QED) is 0.819. The van der Waals surface area contributed by atoms with Crippen molar-refractivity contribution in [3.05, 3.63) is 64.1 Å². The lowest BCUT2D eigenvalue weighted by molar-refractivity contribution is -0.122. The van der Waals surface area contributed by atoms with Crippen LogP contribution in [0.2, 0.25) is 0 Å². The molecule has 0 aromatic heterocycles. The van der Waals surface area contributed by atoms with Gasteiger partial charge in [0.2, 0.25) is 0 Å². The third-order valence-corrected chi connectivity index (χ3v) is 5.12. The van der Waals surface area contributed by atoms with Crippen LogP contribution in [0.5, 0.6) is 5.75 Å². The Morgan fingerprint density at radius 2 is 1.84 bits per heavy atom. The van der Waals surface area contributed by atoms with E-state index in [0.29, 0.717) is 16.6 Å². The Hall–Kier alpha value is -2.53. The number of hydrogen-bond donors (Lipinski definition) is 1. The number of phenols is 1. The van der Waals surface area contributed by atoms with Crippen LogP contribution in [0.4, 0.5) is 5.69 Å². The lowest BCUT2D eigenvalue weighted by atomic mass is 10.1. The number of amidine groups is 1. The number of likely N-dealkylation sites (N-methyl/N-ethyl adjacent to an activating group) is 1. The van der Waals surface area contributed by atoms with Gasteiger partial charge in [-0.15, -0.1) is 0 Å². The number of aliphatic imine (C=N–C) groups is 1. The predicted octanol–water partition coefficient (Wildman–Crippen LogP) is 4.63. The number of aryl methyl sites for hydroxylation is 2. The molecule has 0 radical (unpaired) electrons. The number of benzene rings is 2. The molecule has 2 aromatic carbocycles. The maximum atomic E-state index is 12.6. The normalized spacial score (nSPS) is 17.7. The van der Waals surface area contributed by atoms with Crippen LogP contribution in [-0.2, 0) is 4.79 Å². The van der Waals surface area contributed by atoms with Gasteiger partial charge in [-0.25, -0.2) is 4.99 Å². The number of rotatable bonds is 3. The summed E-state index contributed by atoms with van der Waals surface area (Å²) in [6.07, 6.45) is 1.83. The molecule has 1 heterocycles. The first kappa shape index (κ1) is 17.3. The van der Waals surface area contributed by atoms with Crippen molar-refractivity contribution in [2.75, 3.05) is 6.54 Å². The Kier molecular flexibility index (Phi) is 4.95. The van der Waals surface area contributed by atoms with E-state index in [4.69, 9.17) is 0 Å². The van der Waals surface area contributed by atoms with Crippen molar-refractivity contribution in [2.45, 2.75) is 20.8 Å². The number of hydrogen-bond acceptors (Lipinski definition) is 4. The average Bonchev–Trinajstić information content (AvgIpc) is 2.88. The van der Waals surface area contributed by atoms with Crippen LogP contribution in [0.15, 0.2) is 52.4 Å². The van der Waals surface area contributed by atoms with Gasteiger partial charge < -0.3 is 5.11 Å². The van der Waals surface area contributed by atoms with Crippen molar-refractivity contribution >= 4 is 34.6 Å². The number of carbonyl (C=O) groups excluding carboxylic acids is 1. The summed E-state index contributed by atoms with van der Waals surface area (Å²) in [5, 5.41) is 10.1. The third kappa shape index (κ3) is 3.77. The van der Waals surface area contributed by atoms with Gasteiger partial charge in [-0.3, -0.25) is 9.69 Å². The van der Waals surface area contributed by atoms with Gasteiger partial charge in [0, 0.05) is 6.54 Å². The van der Waals surface area contributed by atoms with Crippen LogP contribution in [0.25, 0.3) is 6.08 Å². The maximum Gasteiger partial charge on any atom is 0.266 e. The first-order valence-electron chi connectivity index (χ1n) is 8.14. The molecule has 1 saturated heterocycles. The van der Waals surface area contributed by atoms with Gasteiger partial charge in [0.15, 0.2) is 5.17 Å². The van der Waals surface area contributed by atoms with E-state index >= 15 is 0 Å². The number of amides is 1. The highest BCUT2D eigenvalue weighted by molar-refractivity contribution is 8.18. The second kappa shape index (κ2) is 7.15. The zero-order valence-corrected chi connectivity index (χ0v) is 15.3. The molecule has 0 saturated carbocycles. The van der Waals surface area contributed by atoms with E-state index in [0.717, 1.165) is 11.3 Å². The summed E-state index contributed by atoms with van der Waals surface area (Å²) in [6.45, 7) is 6.64. The van der Waals surface area contributed by atoms with Gasteiger partial charge in [0.05, 0.1) is 10.6 Å². The summed E-state index contributed by atoms with van der Waals surface area (Å²) in [5.74, 6) is 0.169. The molecule has 4 nitrogen and oxygen atoms in total. The molecule has 1 N–H and O–H groups in total. The second-order valence-electron chi connectivity index (χ2n) is 5.91. The lowest BCUT2D eigenvalue weighted by Crippen LogP contribution is -2.28. The number of nitrogens with zero attached hydrogens (tertiary/aromatic N) is 2. The summed E-state index contributed by atoms with van der Waals surface area (Å²) in [7, 11) is 0. The monoisotopic (exact) mass is 352 g/mol. The van der Waals surface area contributed by atoms with Gasteiger partial charge in [-0.05, 0) is 79.6 Å². The second-order valence-corrected chi connectivity index (χ2v) is 6.92. The fourth-order valence-electron chi connectivity index (χ4n) is 2.50. The Morgan fingerprint density at radius 3 is 2.48 bits per heavy atom. The molecule has 3 rings (SSSR count). The molecule has 1 aliphatic heterocycles. The Bertz CT molecular complexity index is 870. The summed E-state index contributed by atoms with van der Waals surface area (Å²) >= 11 is 1.38. The standard InChI is InChI=1S/C20H20N2O2S/c1-4-22-19(24)18(12-15-6-9-17(23)10-7-15)25-20(22)21-16-8-5-13(2)14(3)11-16/h5-12,23H,4H2,1-3H3/b18-12-,21-20?. The molecule has 0 aliphatic carbocycles. The first-order valence-corrected chi connectivity index (χ1v) is 8.96. The van der Waals surface area contributed by atoms with Crippen molar-refractivity contribution in [3.8, 4) is 5.75 Å². The SMILES string of the molecule is CCN1C(=O)/C(=C/c2ccc(O)cc2)SC1=Nc1ccc(C)c(C)c1. The molecule has 25 heavy (non-hydrogen) atoms. The molecule has 0 atom stereocenters. The van der Waals surface area contributed by atoms with Crippen LogP contribution in [0, 0.1) is 13.8 Å². The zero-order chi connectivity index (χ0) is 18.0. The maximum absolute atomic E-state index is 12.6. The highest BCUT2D eigenvalue weighted by Crippen LogP contribution is 2.34. The number of carbonyl (C=O) groups is 1. The van der Waals surface area contributed by atoms with Crippen LogP contribution in [-0.4, -0.2) is 27.6 Å². The van der Waals surface area contributed by atoms with Gasteiger partial charge in [-0.1, -0.05) is 18.2 Å². The van der Waals surface area contributed by atoms with Crippen LogP contribution in [0.3, 0.4) is 0 Å². The molecular weight excluding hydrogens is 332 g/mol.